The van der Waals surface area contributed by atoms with E-state index in [2.05, 4.69) is 9.88 Å². The molecule has 1 spiro atoms. The zero-order valence-corrected chi connectivity index (χ0v) is 20.1. The van der Waals surface area contributed by atoms with Crippen molar-refractivity contribution in [1.29, 1.82) is 5.26 Å². The Hall–Kier alpha value is -3.13. The van der Waals surface area contributed by atoms with Gasteiger partial charge in [0.05, 0.1) is 22.7 Å². The minimum atomic E-state index is -1.62. The van der Waals surface area contributed by atoms with Crippen LogP contribution < -0.4 is 14.9 Å². The predicted octanol–water partition coefficient (Wildman–Crippen LogP) is 3.74. The molecule has 3 aromatic rings. The number of aromatic nitrogens is 1. The number of nitrogens with two attached hydrogens (primary N) is 1. The van der Waals surface area contributed by atoms with Gasteiger partial charge in [0.2, 0.25) is 5.91 Å². The molecule has 1 atom stereocenters. The summed E-state index contributed by atoms with van der Waals surface area (Å²) in [5.41, 5.74) is 2.58. The van der Waals surface area contributed by atoms with Crippen molar-refractivity contribution in [2.24, 2.45) is 10.6 Å². The third-order valence-corrected chi connectivity index (χ3v) is 8.90. The number of carbonyl (C=O) groups excluding carboxylic acids is 1. The number of amides is 1. The Bertz CT molecular complexity index is 1340. The van der Waals surface area contributed by atoms with Gasteiger partial charge in [-0.3, -0.25) is 9.69 Å². The van der Waals surface area contributed by atoms with E-state index in [1.54, 1.807) is 17.9 Å². The van der Waals surface area contributed by atoms with E-state index >= 15 is 0 Å². The van der Waals surface area contributed by atoms with E-state index in [1.165, 1.54) is 23.5 Å². The summed E-state index contributed by atoms with van der Waals surface area (Å²) in [6, 6.07) is 13.8. The number of rotatable bonds is 4. The van der Waals surface area contributed by atoms with Crippen molar-refractivity contribution in [3.63, 3.8) is 0 Å². The lowest BCUT2D eigenvalue weighted by Gasteiger charge is -2.53. The fourth-order valence-corrected chi connectivity index (χ4v) is 6.47. The van der Waals surface area contributed by atoms with Crippen LogP contribution in [0, 0.1) is 29.5 Å². The maximum Gasteiger partial charge on any atom is 0.238 e. The Labute approximate surface area is 203 Å². The summed E-state index contributed by atoms with van der Waals surface area (Å²) in [6.45, 7) is 3.54. The van der Waals surface area contributed by atoms with Crippen molar-refractivity contribution >= 4 is 39.0 Å². The summed E-state index contributed by atoms with van der Waals surface area (Å²) >= 11 is 1.22. The van der Waals surface area contributed by atoms with Crippen molar-refractivity contribution < 1.29 is 13.4 Å². The van der Waals surface area contributed by atoms with Crippen molar-refractivity contribution in [3.05, 3.63) is 59.5 Å². The minimum absolute atomic E-state index is 0.0464. The second-order valence-electron chi connectivity index (χ2n) is 8.72. The molecule has 2 aliphatic rings. The van der Waals surface area contributed by atoms with Gasteiger partial charge in [0, 0.05) is 30.9 Å². The Morgan fingerprint density at radius 1 is 1.24 bits per heavy atom. The molecule has 3 heterocycles. The Balaban J connectivity index is 1.32. The van der Waals surface area contributed by atoms with Crippen molar-refractivity contribution in [2.75, 3.05) is 29.4 Å². The van der Waals surface area contributed by atoms with Gasteiger partial charge in [0.25, 0.3) is 0 Å². The number of hydrogen-bond donors (Lipinski definition) is 1. The highest BCUT2D eigenvalue weighted by Crippen LogP contribution is 2.44. The normalized spacial score (nSPS) is 18.0. The van der Waals surface area contributed by atoms with E-state index in [4.69, 9.17) is 10.4 Å². The number of piperidine rings is 1. The van der Waals surface area contributed by atoms with E-state index in [1.807, 2.05) is 30.3 Å². The molecule has 1 amide bonds. The maximum atomic E-state index is 14.3. The van der Waals surface area contributed by atoms with Crippen LogP contribution in [-0.4, -0.2) is 34.7 Å². The molecule has 174 valence electrons. The lowest BCUT2D eigenvalue weighted by molar-refractivity contribution is -0.132. The van der Waals surface area contributed by atoms with Crippen LogP contribution in [0.25, 0.3) is 11.1 Å². The second-order valence-corrected chi connectivity index (χ2v) is 11.0. The molecule has 2 N–H and O–H groups in total. The maximum absolute atomic E-state index is 14.3. The van der Waals surface area contributed by atoms with Crippen molar-refractivity contribution in [3.8, 4) is 17.2 Å². The largest absolute Gasteiger partial charge is 0.369 e. The first-order valence-corrected chi connectivity index (χ1v) is 12.8. The lowest BCUT2D eigenvalue weighted by Crippen LogP contribution is -2.66. The second kappa shape index (κ2) is 8.58. The van der Waals surface area contributed by atoms with Gasteiger partial charge in [-0.05, 0) is 55.7 Å². The predicted molar refractivity (Wildman–Crippen MR) is 130 cm³/mol. The molecule has 1 aromatic heterocycles. The van der Waals surface area contributed by atoms with Gasteiger partial charge in [-0.25, -0.2) is 18.7 Å². The third-order valence-electron chi connectivity index (χ3n) is 6.52. The number of aryl methyl sites for hydroxylation is 1. The van der Waals surface area contributed by atoms with Gasteiger partial charge < -0.3 is 4.90 Å². The summed E-state index contributed by atoms with van der Waals surface area (Å²) in [5.74, 6) is -0.327. The van der Waals surface area contributed by atoms with E-state index in [9.17, 15) is 13.4 Å². The highest BCUT2D eigenvalue weighted by molar-refractivity contribution is 7.85. The molecule has 2 saturated heterocycles. The fraction of sp³-hybridized carbons (Fsp3) is 0.292. The molecule has 0 bridgehead atoms. The Kier molecular flexibility index (Phi) is 5.72. The molecule has 10 heteroatoms. The number of nitrogens with zero attached hydrogens (tertiary/aromatic N) is 4. The van der Waals surface area contributed by atoms with Crippen LogP contribution in [0.3, 0.4) is 0 Å². The zero-order valence-electron chi connectivity index (χ0n) is 18.5. The number of halogens is 1. The van der Waals surface area contributed by atoms with E-state index in [0.717, 1.165) is 18.5 Å². The molecule has 5 rings (SSSR count). The summed E-state index contributed by atoms with van der Waals surface area (Å²) in [7, 11) is -1.62. The molecule has 2 fully saturated rings. The fourth-order valence-electron chi connectivity index (χ4n) is 4.75. The van der Waals surface area contributed by atoms with Crippen LogP contribution >= 0.6 is 11.3 Å². The van der Waals surface area contributed by atoms with Gasteiger partial charge in [-0.15, -0.1) is 0 Å². The van der Waals surface area contributed by atoms with Crippen LogP contribution in [0.15, 0.2) is 46.7 Å². The Morgan fingerprint density at radius 2 is 1.97 bits per heavy atom. The van der Waals surface area contributed by atoms with Crippen molar-refractivity contribution in [1.82, 2.24) is 4.98 Å². The van der Waals surface area contributed by atoms with Crippen LogP contribution in [0.2, 0.25) is 0 Å². The number of carbonyl (C=O) groups is 1. The summed E-state index contributed by atoms with van der Waals surface area (Å²) < 4.78 is 26.5. The first-order valence-electron chi connectivity index (χ1n) is 10.8. The van der Waals surface area contributed by atoms with Gasteiger partial charge in [-0.1, -0.05) is 23.5 Å². The first kappa shape index (κ1) is 22.7. The molecular weight excluding hydrogens is 473 g/mol. The number of nitriles is 1. The molecule has 0 aliphatic carbocycles. The van der Waals surface area contributed by atoms with Crippen LogP contribution in [0.4, 0.5) is 15.2 Å². The summed E-state index contributed by atoms with van der Waals surface area (Å²) in [5, 5.41) is 15.2. The van der Waals surface area contributed by atoms with E-state index < -0.39 is 16.4 Å². The molecule has 0 saturated carbocycles. The number of anilines is 2. The molecular formula is C24H22FN5O2S2. The average Bonchev–Trinajstić information content (AvgIpc) is 3.20. The monoisotopic (exact) mass is 495 g/mol. The van der Waals surface area contributed by atoms with E-state index in [-0.39, 0.29) is 11.7 Å². The smallest absolute Gasteiger partial charge is 0.238 e. The van der Waals surface area contributed by atoms with Crippen molar-refractivity contribution in [2.45, 2.75) is 24.0 Å². The topological polar surface area (TPSA) is 103 Å². The molecule has 2 aromatic carbocycles. The highest BCUT2D eigenvalue weighted by atomic mass is 32.2. The van der Waals surface area contributed by atoms with Gasteiger partial charge in [0.1, 0.15) is 21.0 Å². The average molecular weight is 496 g/mol. The zero-order chi connectivity index (χ0) is 24.0. The van der Waals surface area contributed by atoms with Gasteiger partial charge in [-0.2, -0.15) is 5.26 Å². The molecule has 34 heavy (non-hydrogen) atoms. The molecule has 7 nitrogen and oxygen atoms in total. The van der Waals surface area contributed by atoms with Crippen LogP contribution in [-0.2, 0) is 15.8 Å². The molecule has 1 unspecified atom stereocenters. The van der Waals surface area contributed by atoms with Gasteiger partial charge >= 0.3 is 0 Å². The summed E-state index contributed by atoms with van der Waals surface area (Å²) in [6.07, 6.45) is 1.68. The minimum Gasteiger partial charge on any atom is -0.369 e. The van der Waals surface area contributed by atoms with Crippen LogP contribution in [0.1, 0.15) is 24.1 Å². The first-order chi connectivity index (χ1) is 16.3. The highest BCUT2D eigenvalue weighted by Gasteiger charge is 2.53. The molecule has 0 radical (unpaired) electrons. The van der Waals surface area contributed by atoms with E-state index in [0.29, 0.717) is 51.4 Å². The van der Waals surface area contributed by atoms with Gasteiger partial charge in [0.15, 0.2) is 5.13 Å². The molecule has 2 aliphatic heterocycles. The standard InChI is InChI=1S/C24H22FN5O2S2/c1-15-21(34(27)32)33-23(28-15)30-10-2-9-24(22(30)31)13-29(14-24)18-6-4-17(5-7-18)19-11-16(12-26)3-8-20(19)25/h3-8,11H,2,9-10,13-14,27H2,1H3. The number of thiazole rings is 1. The number of hydrogen-bond acceptors (Lipinski definition) is 6. The number of benzene rings is 2. The Morgan fingerprint density at radius 3 is 2.62 bits per heavy atom. The SMILES string of the molecule is Cc1nc(N2CCCC3(CN(c4ccc(-c5cc(C#N)ccc5F)cc4)C3)C2=O)sc1S(N)=O. The quantitative estimate of drug-likeness (QED) is 0.594. The third kappa shape index (κ3) is 3.79. The lowest BCUT2D eigenvalue weighted by atomic mass is 9.72. The summed E-state index contributed by atoms with van der Waals surface area (Å²) in [4.78, 5) is 21.7. The van der Waals surface area contributed by atoms with Crippen LogP contribution in [0.5, 0.6) is 0 Å².